The summed E-state index contributed by atoms with van der Waals surface area (Å²) < 4.78 is 69.6. The molecule has 0 heterocycles. The summed E-state index contributed by atoms with van der Waals surface area (Å²) in [5, 5.41) is 3.55. The number of nitrogens with zero attached hydrogens (tertiary/aromatic N) is 2. The minimum absolute atomic E-state index is 0.0735. The van der Waals surface area contributed by atoms with Gasteiger partial charge in [0.15, 0.2) is 0 Å². The van der Waals surface area contributed by atoms with Gasteiger partial charge in [-0.15, -0.1) is 0 Å². The van der Waals surface area contributed by atoms with E-state index in [0.717, 1.165) is 23.6 Å². The lowest BCUT2D eigenvalue weighted by Crippen LogP contribution is -2.36. The summed E-state index contributed by atoms with van der Waals surface area (Å²) in [7, 11) is -1.52. The van der Waals surface area contributed by atoms with Crippen molar-refractivity contribution in [3.8, 4) is 5.75 Å². The van der Waals surface area contributed by atoms with Gasteiger partial charge in [-0.3, -0.25) is 4.79 Å². The van der Waals surface area contributed by atoms with Gasteiger partial charge in [0, 0.05) is 12.6 Å². The predicted octanol–water partition coefficient (Wildman–Crippen LogP) is 3.14. The molecule has 1 N–H and O–H groups in total. The van der Waals surface area contributed by atoms with Gasteiger partial charge in [0.05, 0.1) is 35.4 Å². The molecule has 0 saturated heterocycles. The van der Waals surface area contributed by atoms with Crippen molar-refractivity contribution >= 4 is 33.7 Å². The van der Waals surface area contributed by atoms with Crippen molar-refractivity contribution < 1.29 is 31.1 Å². The fourth-order valence-corrected chi connectivity index (χ4v) is 3.83. The number of carbonyl (C=O) groups is 1. The summed E-state index contributed by atoms with van der Waals surface area (Å²) in [6, 6.07) is 8.48. The quantitative estimate of drug-likeness (QED) is 0.504. The van der Waals surface area contributed by atoms with Gasteiger partial charge >= 0.3 is 6.18 Å². The molecule has 0 aliphatic heterocycles. The van der Waals surface area contributed by atoms with Crippen LogP contribution >= 0.6 is 11.6 Å². The number of benzene rings is 2. The average Bonchev–Trinajstić information content (AvgIpc) is 2.67. The van der Waals surface area contributed by atoms with Gasteiger partial charge in [-0.2, -0.15) is 22.6 Å². The molecule has 0 spiro atoms. The van der Waals surface area contributed by atoms with E-state index in [1.165, 1.54) is 43.5 Å². The Morgan fingerprint density at radius 3 is 2.53 bits per heavy atom. The molecule has 0 atom stereocenters. The average molecular weight is 464 g/mol. The summed E-state index contributed by atoms with van der Waals surface area (Å²) >= 11 is 5.93. The number of hydrogen-bond donors (Lipinski definition) is 1. The van der Waals surface area contributed by atoms with Gasteiger partial charge in [-0.1, -0.05) is 29.8 Å². The zero-order chi connectivity index (χ0) is 22.5. The first-order valence-corrected chi connectivity index (χ1v) is 10.1. The summed E-state index contributed by atoms with van der Waals surface area (Å²) in [5.74, 6) is -0.564. The lowest BCUT2D eigenvalue weighted by atomic mass is 10.1. The summed E-state index contributed by atoms with van der Waals surface area (Å²) in [4.78, 5) is 11.8. The first-order chi connectivity index (χ1) is 14.0. The van der Waals surface area contributed by atoms with Crippen LogP contribution in [0.15, 0.2) is 52.5 Å². The molecule has 12 heteroatoms. The van der Waals surface area contributed by atoms with Crippen molar-refractivity contribution in [2.75, 3.05) is 20.7 Å². The lowest BCUT2D eigenvalue weighted by molar-refractivity contribution is -0.137. The third-order valence-electron chi connectivity index (χ3n) is 3.86. The smallest absolute Gasteiger partial charge is 0.417 e. The van der Waals surface area contributed by atoms with Crippen LogP contribution in [0.4, 0.5) is 13.2 Å². The molecule has 162 valence electrons. The second kappa shape index (κ2) is 9.45. The summed E-state index contributed by atoms with van der Waals surface area (Å²) in [5.41, 5.74) is 0.837. The monoisotopic (exact) mass is 463 g/mol. The fourth-order valence-electron chi connectivity index (χ4n) is 2.35. The van der Waals surface area contributed by atoms with E-state index in [4.69, 9.17) is 16.3 Å². The standard InChI is InChI=1S/C18H17ClF3N3O4S/c1-25(30(27,28)13-7-8-16(29-2)15(19)9-13)11-17(26)24-23-10-12-5-3-4-6-14(12)18(20,21)22/h3-10H,11H2,1-2H3,(H,24,26)/b23-10-. The second-order valence-electron chi connectivity index (χ2n) is 5.94. The Balaban J connectivity index is 2.06. The number of carbonyl (C=O) groups excluding carboxylic acids is 1. The van der Waals surface area contributed by atoms with Crippen molar-refractivity contribution in [3.05, 3.63) is 58.6 Å². The molecular weight excluding hydrogens is 447 g/mol. The van der Waals surface area contributed by atoms with Gasteiger partial charge in [0.25, 0.3) is 5.91 Å². The lowest BCUT2D eigenvalue weighted by Gasteiger charge is -2.16. The highest BCUT2D eigenvalue weighted by molar-refractivity contribution is 7.89. The first kappa shape index (κ1) is 23.6. The van der Waals surface area contributed by atoms with E-state index in [0.29, 0.717) is 0 Å². The Labute approximate surface area is 176 Å². The minimum atomic E-state index is -4.58. The van der Waals surface area contributed by atoms with Crippen LogP contribution in [0.3, 0.4) is 0 Å². The number of hydrogen-bond acceptors (Lipinski definition) is 5. The van der Waals surface area contributed by atoms with Gasteiger partial charge in [0.2, 0.25) is 10.0 Å². The maximum absolute atomic E-state index is 12.9. The van der Waals surface area contributed by atoms with Gasteiger partial charge in [0.1, 0.15) is 5.75 Å². The van der Waals surface area contributed by atoms with E-state index in [2.05, 4.69) is 5.10 Å². The van der Waals surface area contributed by atoms with Crippen LogP contribution in [0.2, 0.25) is 5.02 Å². The highest BCUT2D eigenvalue weighted by atomic mass is 35.5. The van der Waals surface area contributed by atoms with Crippen LogP contribution < -0.4 is 10.2 Å². The molecule has 0 radical (unpaired) electrons. The van der Waals surface area contributed by atoms with Gasteiger partial charge in [-0.25, -0.2) is 13.8 Å². The molecule has 0 aliphatic carbocycles. The number of alkyl halides is 3. The minimum Gasteiger partial charge on any atom is -0.495 e. The number of ether oxygens (including phenoxy) is 1. The van der Waals surface area contributed by atoms with E-state index in [-0.39, 0.29) is 21.2 Å². The van der Waals surface area contributed by atoms with E-state index in [1.54, 1.807) is 0 Å². The number of halogens is 4. The van der Waals surface area contributed by atoms with Crippen LogP contribution in [0.1, 0.15) is 11.1 Å². The van der Waals surface area contributed by atoms with E-state index in [9.17, 15) is 26.4 Å². The molecule has 0 aliphatic rings. The third-order valence-corrected chi connectivity index (χ3v) is 5.95. The van der Waals surface area contributed by atoms with Crippen molar-refractivity contribution in [2.24, 2.45) is 5.10 Å². The number of nitrogens with one attached hydrogen (secondary N) is 1. The van der Waals surface area contributed by atoms with Crippen molar-refractivity contribution in [3.63, 3.8) is 0 Å². The number of rotatable bonds is 7. The largest absolute Gasteiger partial charge is 0.495 e. The summed E-state index contributed by atoms with van der Waals surface area (Å²) in [6.45, 7) is -0.621. The molecule has 1 amide bonds. The second-order valence-corrected chi connectivity index (χ2v) is 8.39. The third kappa shape index (κ3) is 5.71. The Hall–Kier alpha value is -2.63. The Morgan fingerprint density at radius 1 is 1.27 bits per heavy atom. The molecule has 0 bridgehead atoms. The SMILES string of the molecule is COc1ccc(S(=O)(=O)N(C)CC(=O)N/N=C\c2ccccc2C(F)(F)F)cc1Cl. The zero-order valence-electron chi connectivity index (χ0n) is 15.8. The van der Waals surface area contributed by atoms with Gasteiger partial charge < -0.3 is 4.74 Å². The Kier molecular flexibility index (Phi) is 7.45. The molecule has 2 rings (SSSR count). The predicted molar refractivity (Wildman–Crippen MR) is 105 cm³/mol. The van der Waals surface area contributed by atoms with E-state index < -0.39 is 34.2 Å². The van der Waals surface area contributed by atoms with Crippen LogP contribution in [0, 0.1) is 0 Å². The van der Waals surface area contributed by atoms with Crippen molar-refractivity contribution in [1.82, 2.24) is 9.73 Å². The van der Waals surface area contributed by atoms with Crippen LogP contribution in [-0.4, -0.2) is 45.5 Å². The molecule has 0 aromatic heterocycles. The maximum Gasteiger partial charge on any atom is 0.417 e. The highest BCUT2D eigenvalue weighted by Gasteiger charge is 2.32. The van der Waals surface area contributed by atoms with E-state index >= 15 is 0 Å². The molecule has 0 unspecified atom stereocenters. The Bertz CT molecular complexity index is 1060. The number of amides is 1. The molecule has 30 heavy (non-hydrogen) atoms. The molecule has 2 aromatic carbocycles. The normalized spacial score (nSPS) is 12.4. The molecular formula is C18H17ClF3N3O4S. The number of sulfonamides is 1. The van der Waals surface area contributed by atoms with Crippen LogP contribution in [0.25, 0.3) is 0 Å². The van der Waals surface area contributed by atoms with Crippen molar-refractivity contribution in [2.45, 2.75) is 11.1 Å². The number of hydrazone groups is 1. The molecule has 0 fully saturated rings. The van der Waals surface area contributed by atoms with Crippen LogP contribution in [0.5, 0.6) is 5.75 Å². The summed E-state index contributed by atoms with van der Waals surface area (Å²) in [6.07, 6.45) is -3.75. The highest BCUT2D eigenvalue weighted by Crippen LogP contribution is 2.31. The Morgan fingerprint density at radius 2 is 1.93 bits per heavy atom. The fraction of sp³-hybridized carbons (Fsp3) is 0.222. The van der Waals surface area contributed by atoms with Crippen molar-refractivity contribution in [1.29, 1.82) is 0 Å². The van der Waals surface area contributed by atoms with Crippen LogP contribution in [-0.2, 0) is 21.0 Å². The first-order valence-electron chi connectivity index (χ1n) is 8.25. The molecule has 2 aromatic rings. The van der Waals surface area contributed by atoms with Gasteiger partial charge in [-0.05, 0) is 24.3 Å². The number of methoxy groups -OCH3 is 1. The molecule has 0 saturated carbocycles. The van der Waals surface area contributed by atoms with E-state index in [1.807, 2.05) is 5.43 Å². The zero-order valence-corrected chi connectivity index (χ0v) is 17.3. The topological polar surface area (TPSA) is 88.1 Å². The number of likely N-dealkylation sites (N-methyl/N-ethyl adjacent to an activating group) is 1. The molecule has 7 nitrogen and oxygen atoms in total. The maximum atomic E-state index is 12.9.